The van der Waals surface area contributed by atoms with Gasteiger partial charge in [0, 0.05) is 11.7 Å². The molecule has 0 aromatic heterocycles. The first-order valence-electron chi connectivity index (χ1n) is 6.97. The zero-order chi connectivity index (χ0) is 15.2. The maximum absolute atomic E-state index is 11.9. The van der Waals surface area contributed by atoms with Gasteiger partial charge in [0.1, 0.15) is 0 Å². The predicted octanol–water partition coefficient (Wildman–Crippen LogP) is -0.710. The molecule has 21 heavy (non-hydrogen) atoms. The van der Waals surface area contributed by atoms with E-state index in [-0.39, 0.29) is 24.9 Å². The highest BCUT2D eigenvalue weighted by molar-refractivity contribution is 5.91. The van der Waals surface area contributed by atoms with Gasteiger partial charge in [0.25, 0.3) is 11.8 Å². The average Bonchev–Trinajstić information content (AvgIpc) is 3.22. The minimum atomic E-state index is -0.179. The van der Waals surface area contributed by atoms with Crippen molar-refractivity contribution >= 4 is 17.5 Å². The van der Waals surface area contributed by atoms with E-state index in [1.54, 1.807) is 31.3 Å². The number of hydrogen-bond donors (Lipinski definition) is 3. The standard InChI is InChI=1S/C15H18N4O2/c1-19(9-14(20)17-12-5-6-12)10-15(21)18-13-4-2-3-11(7-13)8-16/h2-4,7,12H,5-6,9-10H2,1H3,(H,17,20)(H,18,21)/p+1. The van der Waals surface area contributed by atoms with Gasteiger partial charge in [-0.05, 0) is 31.0 Å². The molecule has 1 atom stereocenters. The van der Waals surface area contributed by atoms with E-state index in [1.807, 2.05) is 6.07 Å². The fourth-order valence-electron chi connectivity index (χ4n) is 1.99. The second-order valence-corrected chi connectivity index (χ2v) is 5.39. The zero-order valence-corrected chi connectivity index (χ0v) is 12.0. The smallest absolute Gasteiger partial charge is 0.279 e. The molecule has 110 valence electrons. The van der Waals surface area contributed by atoms with Crippen LogP contribution < -0.4 is 15.5 Å². The Bertz CT molecular complexity index is 575. The largest absolute Gasteiger partial charge is 0.348 e. The molecule has 2 amide bonds. The summed E-state index contributed by atoms with van der Waals surface area (Å²) in [6, 6.07) is 9.10. The molecular weight excluding hydrogens is 268 g/mol. The normalized spacial score (nSPS) is 14.9. The lowest BCUT2D eigenvalue weighted by molar-refractivity contribution is -0.862. The molecule has 1 fully saturated rings. The van der Waals surface area contributed by atoms with Crippen LogP contribution in [0, 0.1) is 11.3 Å². The topological polar surface area (TPSA) is 86.4 Å². The highest BCUT2D eigenvalue weighted by atomic mass is 16.2. The van der Waals surface area contributed by atoms with E-state index >= 15 is 0 Å². The first kappa shape index (κ1) is 15.0. The summed E-state index contributed by atoms with van der Waals surface area (Å²) in [6.07, 6.45) is 2.11. The first-order valence-corrected chi connectivity index (χ1v) is 6.97. The maximum atomic E-state index is 11.9. The van der Waals surface area contributed by atoms with Crippen LogP contribution in [0.2, 0.25) is 0 Å². The Kier molecular flexibility index (Phi) is 4.90. The van der Waals surface area contributed by atoms with Crippen molar-refractivity contribution in [1.82, 2.24) is 5.32 Å². The van der Waals surface area contributed by atoms with Crippen LogP contribution in [0.5, 0.6) is 0 Å². The van der Waals surface area contributed by atoms with Crippen molar-refractivity contribution in [3.63, 3.8) is 0 Å². The molecule has 3 N–H and O–H groups in total. The van der Waals surface area contributed by atoms with Crippen LogP contribution in [0.3, 0.4) is 0 Å². The molecule has 2 rings (SSSR count). The summed E-state index contributed by atoms with van der Waals surface area (Å²) in [5.74, 6) is -0.198. The Morgan fingerprint density at radius 1 is 1.33 bits per heavy atom. The van der Waals surface area contributed by atoms with Crippen LogP contribution in [-0.2, 0) is 9.59 Å². The van der Waals surface area contributed by atoms with E-state index < -0.39 is 0 Å². The van der Waals surface area contributed by atoms with Gasteiger partial charge in [-0.2, -0.15) is 5.26 Å². The van der Waals surface area contributed by atoms with Crippen molar-refractivity contribution in [3.05, 3.63) is 29.8 Å². The van der Waals surface area contributed by atoms with Crippen molar-refractivity contribution in [1.29, 1.82) is 5.26 Å². The second kappa shape index (κ2) is 6.86. The van der Waals surface area contributed by atoms with E-state index in [0.717, 1.165) is 17.7 Å². The molecule has 1 aliphatic rings. The van der Waals surface area contributed by atoms with Gasteiger partial charge in [-0.25, -0.2) is 0 Å². The minimum Gasteiger partial charge on any atom is -0.348 e. The van der Waals surface area contributed by atoms with Crippen molar-refractivity contribution in [2.75, 3.05) is 25.5 Å². The summed E-state index contributed by atoms with van der Waals surface area (Å²) in [6.45, 7) is 0.483. The number of rotatable bonds is 6. The highest BCUT2D eigenvalue weighted by Crippen LogP contribution is 2.17. The molecule has 6 heteroatoms. The number of hydrogen-bond acceptors (Lipinski definition) is 3. The van der Waals surface area contributed by atoms with Crippen molar-refractivity contribution in [2.45, 2.75) is 18.9 Å². The Morgan fingerprint density at radius 3 is 2.71 bits per heavy atom. The van der Waals surface area contributed by atoms with E-state index in [1.165, 1.54) is 0 Å². The van der Waals surface area contributed by atoms with Crippen LogP contribution in [-0.4, -0.2) is 38.0 Å². The van der Waals surface area contributed by atoms with Crippen LogP contribution >= 0.6 is 0 Å². The predicted molar refractivity (Wildman–Crippen MR) is 77.6 cm³/mol. The second-order valence-electron chi connectivity index (χ2n) is 5.39. The molecule has 1 aromatic rings. The Hall–Kier alpha value is -2.39. The highest BCUT2D eigenvalue weighted by Gasteiger charge is 2.24. The lowest BCUT2D eigenvalue weighted by Crippen LogP contribution is -3.11. The van der Waals surface area contributed by atoms with Crippen molar-refractivity contribution < 1.29 is 14.5 Å². The Morgan fingerprint density at radius 2 is 2.05 bits per heavy atom. The maximum Gasteiger partial charge on any atom is 0.279 e. The lowest BCUT2D eigenvalue weighted by atomic mass is 10.2. The van der Waals surface area contributed by atoms with Gasteiger partial charge in [0.05, 0.1) is 18.7 Å². The van der Waals surface area contributed by atoms with E-state index in [9.17, 15) is 9.59 Å². The molecule has 0 heterocycles. The monoisotopic (exact) mass is 287 g/mol. The molecule has 1 aliphatic carbocycles. The summed E-state index contributed by atoms with van der Waals surface area (Å²) in [5.41, 5.74) is 1.09. The quantitative estimate of drug-likeness (QED) is 0.646. The summed E-state index contributed by atoms with van der Waals surface area (Å²) in [4.78, 5) is 24.3. The number of benzene rings is 1. The summed E-state index contributed by atoms with van der Waals surface area (Å²) in [5, 5.41) is 14.4. The number of quaternary nitrogens is 1. The molecule has 1 unspecified atom stereocenters. The molecule has 0 saturated heterocycles. The van der Waals surface area contributed by atoms with E-state index in [4.69, 9.17) is 5.26 Å². The van der Waals surface area contributed by atoms with Gasteiger partial charge in [0.2, 0.25) is 0 Å². The first-order chi connectivity index (χ1) is 10.1. The summed E-state index contributed by atoms with van der Waals surface area (Å²) < 4.78 is 0. The lowest BCUT2D eigenvalue weighted by Gasteiger charge is -2.13. The van der Waals surface area contributed by atoms with Crippen LogP contribution in [0.1, 0.15) is 18.4 Å². The number of likely N-dealkylation sites (N-methyl/N-ethyl adjacent to an activating group) is 1. The average molecular weight is 287 g/mol. The molecule has 1 aromatic carbocycles. The number of nitrogens with one attached hydrogen (secondary N) is 3. The van der Waals surface area contributed by atoms with Crippen LogP contribution in [0.15, 0.2) is 24.3 Å². The molecule has 0 radical (unpaired) electrons. The van der Waals surface area contributed by atoms with E-state index in [0.29, 0.717) is 17.3 Å². The van der Waals surface area contributed by atoms with Gasteiger partial charge in [-0.15, -0.1) is 0 Å². The number of nitriles is 1. The number of anilines is 1. The van der Waals surface area contributed by atoms with Gasteiger partial charge in [-0.1, -0.05) is 6.07 Å². The van der Waals surface area contributed by atoms with Crippen LogP contribution in [0.4, 0.5) is 5.69 Å². The van der Waals surface area contributed by atoms with E-state index in [2.05, 4.69) is 10.6 Å². The molecule has 0 bridgehead atoms. The number of nitrogens with zero attached hydrogens (tertiary/aromatic N) is 1. The molecule has 0 spiro atoms. The molecule has 0 aliphatic heterocycles. The summed E-state index contributed by atoms with van der Waals surface area (Å²) >= 11 is 0. The Balaban J connectivity index is 1.77. The van der Waals surface area contributed by atoms with Crippen molar-refractivity contribution in [2.24, 2.45) is 0 Å². The number of amides is 2. The third-order valence-corrected chi connectivity index (χ3v) is 3.14. The Labute approximate surface area is 123 Å². The molecule has 1 saturated carbocycles. The summed E-state index contributed by atoms with van der Waals surface area (Å²) in [7, 11) is 1.80. The zero-order valence-electron chi connectivity index (χ0n) is 12.0. The van der Waals surface area contributed by atoms with Gasteiger partial charge in [0.15, 0.2) is 13.1 Å². The molecule has 6 nitrogen and oxygen atoms in total. The minimum absolute atomic E-state index is 0.0192. The fraction of sp³-hybridized carbons (Fsp3) is 0.400. The SMILES string of the molecule is C[NH+](CC(=O)Nc1cccc(C#N)c1)CC(=O)NC1CC1. The third-order valence-electron chi connectivity index (χ3n) is 3.14. The number of carbonyl (C=O) groups is 2. The molecular formula is C15H19N4O2+. The fourth-order valence-corrected chi connectivity index (χ4v) is 1.99. The van der Waals surface area contributed by atoms with Crippen LogP contribution in [0.25, 0.3) is 0 Å². The van der Waals surface area contributed by atoms with Gasteiger partial charge >= 0.3 is 0 Å². The number of carbonyl (C=O) groups excluding carboxylic acids is 2. The van der Waals surface area contributed by atoms with Gasteiger partial charge < -0.3 is 15.5 Å². The third kappa shape index (κ3) is 5.24. The van der Waals surface area contributed by atoms with Gasteiger partial charge in [-0.3, -0.25) is 9.59 Å². The van der Waals surface area contributed by atoms with Crippen molar-refractivity contribution in [3.8, 4) is 6.07 Å².